The summed E-state index contributed by atoms with van der Waals surface area (Å²) in [5.74, 6) is -0.0615. The summed E-state index contributed by atoms with van der Waals surface area (Å²) < 4.78 is 1.01. The van der Waals surface area contributed by atoms with Crippen LogP contribution in [0.4, 0.5) is 5.69 Å². The van der Waals surface area contributed by atoms with Crippen LogP contribution in [0.5, 0.6) is 0 Å². The number of aromatic amines is 1. The number of carbonyl (C=O) groups excluding carboxylic acids is 1. The second kappa shape index (κ2) is 3.70. The quantitative estimate of drug-likeness (QED) is 0.818. The molecule has 0 fully saturated rings. The summed E-state index contributed by atoms with van der Waals surface area (Å²) in [4.78, 5) is 14.1. The van der Waals surface area contributed by atoms with Gasteiger partial charge in [0.2, 0.25) is 5.91 Å². The molecule has 2 rings (SSSR count). The molecule has 1 amide bonds. The fourth-order valence-electron chi connectivity index (χ4n) is 1.66. The minimum Gasteiger partial charge on any atom is -0.359 e. The van der Waals surface area contributed by atoms with Gasteiger partial charge in [-0.05, 0) is 24.6 Å². The standard InChI is InChI=1S/C11H11BrN2O/c1-6-3-8(12)4-9-10(14-7(2)15)5-13-11(6)9/h3-5,13H,1-2H3,(H,14,15). The lowest BCUT2D eigenvalue weighted by atomic mass is 10.1. The van der Waals surface area contributed by atoms with Crippen LogP contribution in [0.25, 0.3) is 10.9 Å². The van der Waals surface area contributed by atoms with Crippen molar-refractivity contribution in [1.82, 2.24) is 4.98 Å². The van der Waals surface area contributed by atoms with E-state index in [2.05, 4.69) is 26.2 Å². The molecule has 78 valence electrons. The van der Waals surface area contributed by atoms with E-state index in [-0.39, 0.29) is 5.91 Å². The van der Waals surface area contributed by atoms with Gasteiger partial charge in [0.25, 0.3) is 0 Å². The molecule has 15 heavy (non-hydrogen) atoms. The molecule has 1 aromatic carbocycles. The fraction of sp³-hybridized carbons (Fsp3) is 0.182. The van der Waals surface area contributed by atoms with Crippen LogP contribution in [-0.2, 0) is 4.79 Å². The highest BCUT2D eigenvalue weighted by atomic mass is 79.9. The van der Waals surface area contributed by atoms with Gasteiger partial charge in [-0.15, -0.1) is 0 Å². The van der Waals surface area contributed by atoms with Gasteiger partial charge in [-0.1, -0.05) is 15.9 Å². The summed E-state index contributed by atoms with van der Waals surface area (Å²) in [5.41, 5.74) is 3.03. The van der Waals surface area contributed by atoms with E-state index in [4.69, 9.17) is 0 Å². The van der Waals surface area contributed by atoms with E-state index in [1.165, 1.54) is 6.92 Å². The number of halogens is 1. The summed E-state index contributed by atoms with van der Waals surface area (Å²) in [6.45, 7) is 3.53. The van der Waals surface area contributed by atoms with Gasteiger partial charge in [-0.2, -0.15) is 0 Å². The highest BCUT2D eigenvalue weighted by Gasteiger charge is 2.07. The third-order valence-corrected chi connectivity index (χ3v) is 2.72. The zero-order valence-corrected chi connectivity index (χ0v) is 10.1. The van der Waals surface area contributed by atoms with Crippen LogP contribution in [0.1, 0.15) is 12.5 Å². The molecule has 0 aliphatic heterocycles. The molecule has 0 saturated carbocycles. The number of anilines is 1. The van der Waals surface area contributed by atoms with Crippen LogP contribution in [-0.4, -0.2) is 10.9 Å². The van der Waals surface area contributed by atoms with Crippen molar-refractivity contribution in [3.05, 3.63) is 28.4 Å². The molecule has 0 aliphatic carbocycles. The van der Waals surface area contributed by atoms with Crippen LogP contribution < -0.4 is 5.32 Å². The molecule has 0 unspecified atom stereocenters. The number of benzene rings is 1. The van der Waals surface area contributed by atoms with Crippen LogP contribution in [0, 0.1) is 6.92 Å². The number of amides is 1. The summed E-state index contributed by atoms with van der Waals surface area (Å²) in [5, 5.41) is 3.82. The molecule has 0 spiro atoms. The first-order valence-corrected chi connectivity index (χ1v) is 5.42. The van der Waals surface area contributed by atoms with Gasteiger partial charge in [-0.3, -0.25) is 4.79 Å². The minimum atomic E-state index is -0.0615. The van der Waals surface area contributed by atoms with Crippen LogP contribution in [0.15, 0.2) is 22.8 Å². The van der Waals surface area contributed by atoms with E-state index >= 15 is 0 Å². The first-order chi connectivity index (χ1) is 7.08. The second-order valence-electron chi connectivity index (χ2n) is 3.53. The molecule has 2 N–H and O–H groups in total. The zero-order chi connectivity index (χ0) is 11.0. The number of rotatable bonds is 1. The predicted octanol–water partition coefficient (Wildman–Crippen LogP) is 3.20. The highest BCUT2D eigenvalue weighted by Crippen LogP contribution is 2.29. The molecule has 0 atom stereocenters. The Bertz CT molecular complexity index is 531. The summed E-state index contributed by atoms with van der Waals surface area (Å²) >= 11 is 3.44. The van der Waals surface area contributed by atoms with E-state index in [9.17, 15) is 4.79 Å². The molecule has 1 heterocycles. The Balaban J connectivity index is 2.63. The van der Waals surface area contributed by atoms with Crippen LogP contribution in [0.2, 0.25) is 0 Å². The molecule has 0 aliphatic rings. The van der Waals surface area contributed by atoms with Gasteiger partial charge in [-0.25, -0.2) is 0 Å². The van der Waals surface area contributed by atoms with Crippen molar-refractivity contribution in [3.63, 3.8) is 0 Å². The van der Waals surface area contributed by atoms with E-state index in [1.807, 2.05) is 25.3 Å². The zero-order valence-electron chi connectivity index (χ0n) is 8.52. The SMILES string of the molecule is CC(=O)Nc1c[nH]c2c(C)cc(Br)cc12. The number of hydrogen-bond acceptors (Lipinski definition) is 1. The molecule has 1 aromatic heterocycles. The van der Waals surface area contributed by atoms with E-state index in [0.717, 1.165) is 26.6 Å². The number of hydrogen-bond donors (Lipinski definition) is 2. The Morgan fingerprint density at radius 1 is 1.47 bits per heavy atom. The fourth-order valence-corrected chi connectivity index (χ4v) is 2.23. The van der Waals surface area contributed by atoms with E-state index < -0.39 is 0 Å². The number of aromatic nitrogens is 1. The number of carbonyl (C=O) groups is 1. The lowest BCUT2D eigenvalue weighted by Crippen LogP contribution is -2.04. The van der Waals surface area contributed by atoms with Crippen LogP contribution >= 0.6 is 15.9 Å². The van der Waals surface area contributed by atoms with Gasteiger partial charge < -0.3 is 10.3 Å². The molecular formula is C11H11BrN2O. The topological polar surface area (TPSA) is 44.9 Å². The average molecular weight is 267 g/mol. The van der Waals surface area contributed by atoms with Crippen LogP contribution in [0.3, 0.4) is 0 Å². The van der Waals surface area contributed by atoms with Crippen molar-refractivity contribution in [3.8, 4) is 0 Å². The van der Waals surface area contributed by atoms with Crippen molar-refractivity contribution < 1.29 is 4.79 Å². The maximum Gasteiger partial charge on any atom is 0.221 e. The Morgan fingerprint density at radius 2 is 2.20 bits per heavy atom. The lowest BCUT2D eigenvalue weighted by molar-refractivity contribution is -0.114. The summed E-state index contributed by atoms with van der Waals surface area (Å²) in [7, 11) is 0. The molecule has 0 saturated heterocycles. The smallest absolute Gasteiger partial charge is 0.221 e. The van der Waals surface area contributed by atoms with Crippen molar-refractivity contribution >= 4 is 38.4 Å². The van der Waals surface area contributed by atoms with E-state index in [0.29, 0.717) is 0 Å². The van der Waals surface area contributed by atoms with Crippen molar-refractivity contribution in [2.75, 3.05) is 5.32 Å². The van der Waals surface area contributed by atoms with Gasteiger partial charge >= 0.3 is 0 Å². The number of aryl methyl sites for hydroxylation is 1. The molecular weight excluding hydrogens is 256 g/mol. The average Bonchev–Trinajstić information content (AvgIpc) is 2.48. The number of fused-ring (bicyclic) bond motifs is 1. The third-order valence-electron chi connectivity index (χ3n) is 2.26. The molecule has 3 nitrogen and oxygen atoms in total. The minimum absolute atomic E-state index is 0.0615. The number of H-pyrrole nitrogens is 1. The summed E-state index contributed by atoms with van der Waals surface area (Å²) in [6.07, 6.45) is 1.81. The molecule has 2 aromatic rings. The maximum absolute atomic E-state index is 11.0. The lowest BCUT2D eigenvalue weighted by Gasteiger charge is -2.01. The van der Waals surface area contributed by atoms with Crippen molar-refractivity contribution in [2.24, 2.45) is 0 Å². The monoisotopic (exact) mass is 266 g/mol. The third kappa shape index (κ3) is 1.90. The Hall–Kier alpha value is -1.29. The maximum atomic E-state index is 11.0. The number of nitrogens with one attached hydrogen (secondary N) is 2. The van der Waals surface area contributed by atoms with Crippen molar-refractivity contribution in [2.45, 2.75) is 13.8 Å². The van der Waals surface area contributed by atoms with Gasteiger partial charge in [0.05, 0.1) is 11.2 Å². The van der Waals surface area contributed by atoms with Gasteiger partial charge in [0, 0.05) is 23.0 Å². The molecule has 0 bridgehead atoms. The van der Waals surface area contributed by atoms with Gasteiger partial charge in [0.15, 0.2) is 0 Å². The largest absolute Gasteiger partial charge is 0.359 e. The predicted molar refractivity (Wildman–Crippen MR) is 65.0 cm³/mol. The first kappa shape index (κ1) is 10.2. The summed E-state index contributed by atoms with van der Waals surface area (Å²) in [6, 6.07) is 4.03. The second-order valence-corrected chi connectivity index (χ2v) is 4.44. The molecule has 0 radical (unpaired) electrons. The Morgan fingerprint density at radius 3 is 2.87 bits per heavy atom. The normalized spacial score (nSPS) is 10.6. The molecule has 4 heteroatoms. The Labute approximate surface area is 96.0 Å². The first-order valence-electron chi connectivity index (χ1n) is 4.63. The Kier molecular flexibility index (Phi) is 2.52. The van der Waals surface area contributed by atoms with E-state index in [1.54, 1.807) is 0 Å². The van der Waals surface area contributed by atoms with Crippen molar-refractivity contribution in [1.29, 1.82) is 0 Å². The van der Waals surface area contributed by atoms with Gasteiger partial charge in [0.1, 0.15) is 0 Å². The highest BCUT2D eigenvalue weighted by molar-refractivity contribution is 9.10.